The maximum absolute atomic E-state index is 12.2. The van der Waals surface area contributed by atoms with Gasteiger partial charge in [-0.3, -0.25) is 9.59 Å². The number of pyridine rings is 1. The monoisotopic (exact) mass is 354 g/mol. The Kier molecular flexibility index (Phi) is 4.30. The van der Waals surface area contributed by atoms with Crippen LogP contribution in [0.25, 0.3) is 27.7 Å². The van der Waals surface area contributed by atoms with E-state index in [0.29, 0.717) is 5.39 Å². The average molecular weight is 354 g/mol. The van der Waals surface area contributed by atoms with Gasteiger partial charge in [0.2, 0.25) is 5.91 Å². The molecule has 0 unspecified atom stereocenters. The third kappa shape index (κ3) is 3.25. The van der Waals surface area contributed by atoms with Crippen LogP contribution < -0.4 is 10.7 Å². The SMILES string of the molecule is CC(=O)Nc1cccc(-c2ccccc2-n2ccc(=O)c3ccccc32)c1. The molecule has 1 aromatic heterocycles. The van der Waals surface area contributed by atoms with Crippen molar-refractivity contribution in [2.45, 2.75) is 6.92 Å². The summed E-state index contributed by atoms with van der Waals surface area (Å²) in [6.07, 6.45) is 1.81. The fourth-order valence-corrected chi connectivity index (χ4v) is 3.31. The molecule has 1 amide bonds. The zero-order valence-corrected chi connectivity index (χ0v) is 14.8. The van der Waals surface area contributed by atoms with Crippen LogP contribution in [0.3, 0.4) is 0 Å². The number of hydrogen-bond donors (Lipinski definition) is 1. The van der Waals surface area contributed by atoms with Gasteiger partial charge in [-0.2, -0.15) is 0 Å². The summed E-state index contributed by atoms with van der Waals surface area (Å²) in [4.78, 5) is 23.6. The number of rotatable bonds is 3. The number of nitrogens with zero attached hydrogens (tertiary/aromatic N) is 1. The smallest absolute Gasteiger partial charge is 0.221 e. The van der Waals surface area contributed by atoms with E-state index in [0.717, 1.165) is 28.0 Å². The van der Waals surface area contributed by atoms with Gasteiger partial charge in [0.15, 0.2) is 5.43 Å². The summed E-state index contributed by atoms with van der Waals surface area (Å²) in [6.45, 7) is 1.49. The topological polar surface area (TPSA) is 51.1 Å². The summed E-state index contributed by atoms with van der Waals surface area (Å²) in [6, 6.07) is 24.9. The molecule has 0 fully saturated rings. The summed E-state index contributed by atoms with van der Waals surface area (Å²) in [7, 11) is 0. The van der Waals surface area contributed by atoms with Crippen LogP contribution in [0.5, 0.6) is 0 Å². The largest absolute Gasteiger partial charge is 0.326 e. The van der Waals surface area contributed by atoms with Crippen LogP contribution >= 0.6 is 0 Å². The predicted molar refractivity (Wildman–Crippen MR) is 109 cm³/mol. The van der Waals surface area contributed by atoms with Crippen molar-refractivity contribution in [1.29, 1.82) is 0 Å². The summed E-state index contributed by atoms with van der Waals surface area (Å²) >= 11 is 0. The molecule has 4 heteroatoms. The van der Waals surface area contributed by atoms with E-state index < -0.39 is 0 Å². The standard InChI is InChI=1S/C23H18N2O2/c1-16(26)24-18-8-6-7-17(15-18)19-9-2-4-11-21(19)25-14-13-23(27)20-10-3-5-12-22(20)25/h2-15H,1H3,(H,24,26). The molecular weight excluding hydrogens is 336 g/mol. The number of carbonyl (C=O) groups excluding carboxylic acids is 1. The van der Waals surface area contributed by atoms with E-state index in [1.165, 1.54) is 6.92 Å². The highest BCUT2D eigenvalue weighted by Gasteiger charge is 2.10. The van der Waals surface area contributed by atoms with Crippen LogP contribution in [0.2, 0.25) is 0 Å². The maximum Gasteiger partial charge on any atom is 0.221 e. The number of fused-ring (bicyclic) bond motifs is 1. The van der Waals surface area contributed by atoms with E-state index in [1.54, 1.807) is 12.3 Å². The van der Waals surface area contributed by atoms with E-state index >= 15 is 0 Å². The molecule has 1 heterocycles. The molecule has 132 valence electrons. The summed E-state index contributed by atoms with van der Waals surface area (Å²) in [5.41, 5.74) is 4.58. The minimum atomic E-state index is -0.105. The van der Waals surface area contributed by atoms with E-state index in [1.807, 2.05) is 77.4 Å². The van der Waals surface area contributed by atoms with Gasteiger partial charge >= 0.3 is 0 Å². The fourth-order valence-electron chi connectivity index (χ4n) is 3.31. The second-order valence-corrected chi connectivity index (χ2v) is 6.35. The predicted octanol–water partition coefficient (Wildman–Crippen LogP) is 4.62. The molecule has 0 radical (unpaired) electrons. The number of carbonyl (C=O) groups is 1. The zero-order chi connectivity index (χ0) is 18.8. The Hall–Kier alpha value is -3.66. The van der Waals surface area contributed by atoms with Gasteiger partial charge in [0, 0.05) is 35.8 Å². The van der Waals surface area contributed by atoms with E-state index in [2.05, 4.69) is 5.32 Å². The molecule has 4 nitrogen and oxygen atoms in total. The van der Waals surface area contributed by atoms with Crippen LogP contribution in [0.1, 0.15) is 6.92 Å². The summed E-state index contributed by atoms with van der Waals surface area (Å²) in [5, 5.41) is 3.51. The minimum absolute atomic E-state index is 0.00647. The first-order valence-electron chi connectivity index (χ1n) is 8.71. The molecule has 0 spiro atoms. The molecular formula is C23H18N2O2. The first-order chi connectivity index (χ1) is 13.1. The van der Waals surface area contributed by atoms with Crippen LogP contribution in [-0.2, 0) is 4.79 Å². The molecule has 0 aliphatic rings. The average Bonchev–Trinajstić information content (AvgIpc) is 2.68. The molecule has 0 saturated carbocycles. The quantitative estimate of drug-likeness (QED) is 0.584. The number of amides is 1. The summed E-state index contributed by atoms with van der Waals surface area (Å²) in [5.74, 6) is -0.105. The Bertz CT molecular complexity index is 1210. The van der Waals surface area contributed by atoms with Gasteiger partial charge in [-0.25, -0.2) is 0 Å². The van der Waals surface area contributed by atoms with Crippen molar-refractivity contribution >= 4 is 22.5 Å². The number of nitrogens with one attached hydrogen (secondary N) is 1. The zero-order valence-electron chi connectivity index (χ0n) is 14.8. The highest BCUT2D eigenvalue weighted by molar-refractivity contribution is 5.90. The first-order valence-corrected chi connectivity index (χ1v) is 8.71. The van der Waals surface area contributed by atoms with Crippen molar-refractivity contribution in [3.8, 4) is 16.8 Å². The van der Waals surface area contributed by atoms with Crippen LogP contribution in [0, 0.1) is 0 Å². The highest BCUT2D eigenvalue weighted by atomic mass is 16.1. The van der Waals surface area contributed by atoms with Gasteiger partial charge in [0.05, 0.1) is 11.2 Å². The second kappa shape index (κ2) is 6.92. The normalized spacial score (nSPS) is 10.7. The van der Waals surface area contributed by atoms with Gasteiger partial charge in [-0.05, 0) is 35.9 Å². The maximum atomic E-state index is 12.2. The Morgan fingerprint density at radius 1 is 0.889 bits per heavy atom. The van der Waals surface area contributed by atoms with Gasteiger partial charge < -0.3 is 9.88 Å². The van der Waals surface area contributed by atoms with Crippen molar-refractivity contribution in [1.82, 2.24) is 4.57 Å². The van der Waals surface area contributed by atoms with Crippen molar-refractivity contribution in [2.24, 2.45) is 0 Å². The summed E-state index contributed by atoms with van der Waals surface area (Å²) < 4.78 is 2.02. The molecule has 0 bridgehead atoms. The molecule has 0 atom stereocenters. The second-order valence-electron chi connectivity index (χ2n) is 6.35. The number of hydrogen-bond acceptors (Lipinski definition) is 2. The Morgan fingerprint density at radius 2 is 1.67 bits per heavy atom. The molecule has 0 aliphatic carbocycles. The van der Waals surface area contributed by atoms with Gasteiger partial charge in [-0.15, -0.1) is 0 Å². The Morgan fingerprint density at radius 3 is 2.52 bits per heavy atom. The number of anilines is 1. The van der Waals surface area contributed by atoms with Gasteiger partial charge in [0.25, 0.3) is 0 Å². The number of aromatic nitrogens is 1. The van der Waals surface area contributed by atoms with Gasteiger partial charge in [0.1, 0.15) is 0 Å². The fraction of sp³-hybridized carbons (Fsp3) is 0.0435. The van der Waals surface area contributed by atoms with Crippen molar-refractivity contribution in [3.05, 3.63) is 95.3 Å². The van der Waals surface area contributed by atoms with Gasteiger partial charge in [-0.1, -0.05) is 42.5 Å². The minimum Gasteiger partial charge on any atom is -0.326 e. The lowest BCUT2D eigenvalue weighted by Gasteiger charge is -2.16. The molecule has 27 heavy (non-hydrogen) atoms. The van der Waals surface area contributed by atoms with E-state index in [9.17, 15) is 9.59 Å². The van der Waals surface area contributed by atoms with Crippen molar-refractivity contribution in [2.75, 3.05) is 5.32 Å². The molecule has 0 saturated heterocycles. The highest BCUT2D eigenvalue weighted by Crippen LogP contribution is 2.30. The Balaban J connectivity index is 1.93. The molecule has 3 aromatic carbocycles. The van der Waals surface area contributed by atoms with Crippen LogP contribution in [-0.4, -0.2) is 10.5 Å². The first kappa shape index (κ1) is 16.8. The molecule has 4 aromatic rings. The number of benzene rings is 3. The molecule has 4 rings (SSSR count). The lowest BCUT2D eigenvalue weighted by molar-refractivity contribution is -0.114. The van der Waals surface area contributed by atoms with Crippen molar-refractivity contribution in [3.63, 3.8) is 0 Å². The third-order valence-electron chi connectivity index (χ3n) is 4.46. The number of para-hydroxylation sites is 2. The third-order valence-corrected chi connectivity index (χ3v) is 4.46. The lowest BCUT2D eigenvalue weighted by Crippen LogP contribution is -2.07. The van der Waals surface area contributed by atoms with Crippen molar-refractivity contribution < 1.29 is 4.79 Å². The van der Waals surface area contributed by atoms with E-state index in [4.69, 9.17) is 0 Å². The lowest BCUT2D eigenvalue weighted by atomic mass is 10.0. The van der Waals surface area contributed by atoms with Crippen LogP contribution in [0.15, 0.2) is 89.9 Å². The molecule has 1 N–H and O–H groups in total. The molecule has 0 aliphatic heterocycles. The van der Waals surface area contributed by atoms with Crippen LogP contribution in [0.4, 0.5) is 5.69 Å². The van der Waals surface area contributed by atoms with E-state index in [-0.39, 0.29) is 11.3 Å². The Labute approximate surface area is 156 Å².